The lowest BCUT2D eigenvalue weighted by Crippen LogP contribution is -2.48. The molecule has 9 heteroatoms. The number of rotatable bonds is 3. The van der Waals surface area contributed by atoms with Gasteiger partial charge in [0.2, 0.25) is 5.91 Å². The highest BCUT2D eigenvalue weighted by Gasteiger charge is 2.47. The molecule has 2 rings (SSSR count). The van der Waals surface area contributed by atoms with Gasteiger partial charge >= 0.3 is 18.1 Å². The number of methoxy groups -OCH3 is 1. The van der Waals surface area contributed by atoms with E-state index in [-0.39, 0.29) is 24.2 Å². The van der Waals surface area contributed by atoms with Crippen LogP contribution in [0.25, 0.3) is 0 Å². The molecule has 0 radical (unpaired) electrons. The van der Waals surface area contributed by atoms with Crippen molar-refractivity contribution in [1.82, 2.24) is 4.90 Å². The lowest BCUT2D eigenvalue weighted by Gasteiger charge is -2.25. The van der Waals surface area contributed by atoms with E-state index in [0.29, 0.717) is 11.3 Å². The van der Waals surface area contributed by atoms with Crippen LogP contribution in [0, 0.1) is 0 Å². The number of alkyl halides is 3. The summed E-state index contributed by atoms with van der Waals surface area (Å²) in [4.78, 5) is 35.9. The topological polar surface area (TPSA) is 75.7 Å². The van der Waals surface area contributed by atoms with Crippen molar-refractivity contribution >= 4 is 23.5 Å². The third-order valence-electron chi connectivity index (χ3n) is 3.65. The number of hydrogen-bond acceptors (Lipinski definition) is 4. The molecule has 6 nitrogen and oxygen atoms in total. The molecule has 1 saturated heterocycles. The van der Waals surface area contributed by atoms with Crippen molar-refractivity contribution in [3.63, 3.8) is 0 Å². The third-order valence-corrected chi connectivity index (χ3v) is 3.65. The molecule has 1 atom stereocenters. The van der Waals surface area contributed by atoms with Gasteiger partial charge in [0, 0.05) is 6.54 Å². The standard InChI is InChI=1S/C15H15F3N2O4/c1-24-13(22)9-5-2-3-6-10(9)19-12(21)11-7-4-8-20(11)14(23)15(16,17)18/h2-3,5-6,11H,4,7-8H2,1H3,(H,19,21). The van der Waals surface area contributed by atoms with Gasteiger partial charge < -0.3 is 15.0 Å². The van der Waals surface area contributed by atoms with Gasteiger partial charge in [-0.3, -0.25) is 9.59 Å². The van der Waals surface area contributed by atoms with E-state index in [0.717, 1.165) is 0 Å². The van der Waals surface area contributed by atoms with Gasteiger partial charge in [-0.1, -0.05) is 12.1 Å². The molecule has 0 bridgehead atoms. The van der Waals surface area contributed by atoms with Crippen LogP contribution in [-0.2, 0) is 14.3 Å². The molecule has 1 aromatic rings. The van der Waals surface area contributed by atoms with E-state index in [1.54, 1.807) is 12.1 Å². The van der Waals surface area contributed by atoms with Crippen LogP contribution in [0.4, 0.5) is 18.9 Å². The van der Waals surface area contributed by atoms with Crippen LogP contribution in [0.5, 0.6) is 0 Å². The number of amides is 2. The lowest BCUT2D eigenvalue weighted by atomic mass is 10.1. The van der Waals surface area contributed by atoms with Gasteiger partial charge in [-0.25, -0.2) is 4.79 Å². The van der Waals surface area contributed by atoms with Crippen LogP contribution in [0.2, 0.25) is 0 Å². The van der Waals surface area contributed by atoms with Gasteiger partial charge in [-0.15, -0.1) is 0 Å². The molecule has 1 aliphatic heterocycles. The summed E-state index contributed by atoms with van der Waals surface area (Å²) in [6, 6.07) is 4.71. The normalized spacial score (nSPS) is 17.5. The van der Waals surface area contributed by atoms with Gasteiger partial charge in [0.25, 0.3) is 0 Å². The summed E-state index contributed by atoms with van der Waals surface area (Å²) in [6.45, 7) is -0.144. The minimum atomic E-state index is -5.03. The second-order valence-electron chi connectivity index (χ2n) is 5.18. The summed E-state index contributed by atoms with van der Waals surface area (Å²) in [5, 5.41) is 2.40. The second-order valence-corrected chi connectivity index (χ2v) is 5.18. The highest BCUT2D eigenvalue weighted by Crippen LogP contribution is 2.27. The summed E-state index contributed by atoms with van der Waals surface area (Å²) in [7, 11) is 1.17. The Morgan fingerprint density at radius 2 is 1.92 bits per heavy atom. The summed E-state index contributed by atoms with van der Waals surface area (Å²) in [5.74, 6) is -3.51. The molecule has 24 heavy (non-hydrogen) atoms. The smallest absolute Gasteiger partial charge is 0.465 e. The molecule has 0 aromatic heterocycles. The highest BCUT2D eigenvalue weighted by atomic mass is 19.4. The minimum absolute atomic E-state index is 0.0695. The van der Waals surface area contributed by atoms with Crippen LogP contribution in [0.1, 0.15) is 23.2 Å². The molecule has 1 heterocycles. The maximum atomic E-state index is 12.6. The fourth-order valence-electron chi connectivity index (χ4n) is 2.54. The number of benzene rings is 1. The van der Waals surface area contributed by atoms with E-state index >= 15 is 0 Å². The number of para-hydroxylation sites is 1. The molecular weight excluding hydrogens is 329 g/mol. The number of carbonyl (C=O) groups is 3. The number of nitrogens with one attached hydrogen (secondary N) is 1. The Balaban J connectivity index is 2.18. The van der Waals surface area contributed by atoms with Crippen LogP contribution >= 0.6 is 0 Å². The van der Waals surface area contributed by atoms with Crippen molar-refractivity contribution < 1.29 is 32.3 Å². The molecule has 1 unspecified atom stereocenters. The van der Waals surface area contributed by atoms with E-state index in [1.807, 2.05) is 0 Å². The first-order chi connectivity index (χ1) is 11.3. The number of likely N-dealkylation sites (tertiary alicyclic amines) is 1. The molecule has 1 fully saturated rings. The predicted molar refractivity (Wildman–Crippen MR) is 77.2 cm³/mol. The van der Waals surface area contributed by atoms with Crippen molar-refractivity contribution in [2.24, 2.45) is 0 Å². The largest absolute Gasteiger partial charge is 0.471 e. The first-order valence-electron chi connectivity index (χ1n) is 7.11. The Bertz CT molecular complexity index is 660. The van der Waals surface area contributed by atoms with Gasteiger partial charge in [0.05, 0.1) is 18.4 Å². The van der Waals surface area contributed by atoms with Crippen molar-refractivity contribution in [2.75, 3.05) is 19.0 Å². The summed E-state index contributed by atoms with van der Waals surface area (Å²) < 4.78 is 42.4. The molecule has 2 amide bonds. The fraction of sp³-hybridized carbons (Fsp3) is 0.400. The average molecular weight is 344 g/mol. The quantitative estimate of drug-likeness (QED) is 0.851. The van der Waals surface area contributed by atoms with Crippen molar-refractivity contribution in [1.29, 1.82) is 0 Å². The molecule has 130 valence electrons. The molecule has 0 saturated carbocycles. The van der Waals surface area contributed by atoms with Crippen LogP contribution in [0.15, 0.2) is 24.3 Å². The van der Waals surface area contributed by atoms with Gasteiger partial charge in [-0.2, -0.15) is 13.2 Å². The number of anilines is 1. The number of carbonyl (C=O) groups excluding carboxylic acids is 3. The third kappa shape index (κ3) is 3.66. The van der Waals surface area contributed by atoms with Gasteiger partial charge in [0.1, 0.15) is 6.04 Å². The highest BCUT2D eigenvalue weighted by molar-refractivity contribution is 6.03. The Hall–Kier alpha value is -2.58. The average Bonchev–Trinajstić information content (AvgIpc) is 3.02. The zero-order chi connectivity index (χ0) is 17.9. The van der Waals surface area contributed by atoms with Crippen LogP contribution < -0.4 is 5.32 Å². The van der Waals surface area contributed by atoms with E-state index in [4.69, 9.17) is 0 Å². The van der Waals surface area contributed by atoms with E-state index in [9.17, 15) is 27.6 Å². The summed E-state index contributed by atoms with van der Waals surface area (Å²) in [5.41, 5.74) is 0.181. The fourth-order valence-corrected chi connectivity index (χ4v) is 2.54. The number of halogens is 3. The van der Waals surface area contributed by atoms with E-state index in [1.165, 1.54) is 19.2 Å². The molecule has 1 N–H and O–H groups in total. The lowest BCUT2D eigenvalue weighted by molar-refractivity contribution is -0.186. The first kappa shape index (κ1) is 17.8. The Labute approximate surface area is 135 Å². The maximum Gasteiger partial charge on any atom is 0.471 e. The molecule has 1 aliphatic rings. The molecule has 0 spiro atoms. The molecule has 0 aliphatic carbocycles. The minimum Gasteiger partial charge on any atom is -0.465 e. The number of nitrogens with zero attached hydrogens (tertiary/aromatic N) is 1. The number of ether oxygens (including phenoxy) is 1. The zero-order valence-corrected chi connectivity index (χ0v) is 12.7. The Morgan fingerprint density at radius 3 is 2.54 bits per heavy atom. The second kappa shape index (κ2) is 6.90. The Morgan fingerprint density at radius 1 is 1.25 bits per heavy atom. The van der Waals surface area contributed by atoms with Crippen molar-refractivity contribution in [2.45, 2.75) is 25.1 Å². The van der Waals surface area contributed by atoms with Crippen molar-refractivity contribution in [3.05, 3.63) is 29.8 Å². The number of hydrogen-bond donors (Lipinski definition) is 1. The van der Waals surface area contributed by atoms with E-state index < -0.39 is 30.0 Å². The monoisotopic (exact) mass is 344 g/mol. The van der Waals surface area contributed by atoms with Crippen molar-refractivity contribution in [3.8, 4) is 0 Å². The van der Waals surface area contributed by atoms with Crippen LogP contribution in [-0.4, -0.2) is 48.6 Å². The van der Waals surface area contributed by atoms with E-state index in [2.05, 4.69) is 10.1 Å². The molecular formula is C15H15F3N2O4. The Kier molecular flexibility index (Phi) is 5.10. The predicted octanol–water partition coefficient (Wildman–Crippen LogP) is 1.96. The molecule has 1 aromatic carbocycles. The maximum absolute atomic E-state index is 12.6. The summed E-state index contributed by atoms with van der Waals surface area (Å²) in [6.07, 6.45) is -4.63. The van der Waals surface area contributed by atoms with Gasteiger partial charge in [0.15, 0.2) is 0 Å². The number of esters is 1. The summed E-state index contributed by atoms with van der Waals surface area (Å²) >= 11 is 0. The first-order valence-corrected chi connectivity index (χ1v) is 7.11. The zero-order valence-electron chi connectivity index (χ0n) is 12.7. The van der Waals surface area contributed by atoms with Gasteiger partial charge in [-0.05, 0) is 25.0 Å². The SMILES string of the molecule is COC(=O)c1ccccc1NC(=O)C1CCCN1C(=O)C(F)(F)F. The van der Waals surface area contributed by atoms with Crippen LogP contribution in [0.3, 0.4) is 0 Å².